The fourth-order valence-electron chi connectivity index (χ4n) is 4.02. The van der Waals surface area contributed by atoms with Crippen molar-refractivity contribution in [2.45, 2.75) is 56.0 Å². The molecule has 1 amide bonds. The van der Waals surface area contributed by atoms with Crippen LogP contribution in [0.4, 0.5) is 4.39 Å². The van der Waals surface area contributed by atoms with Crippen LogP contribution in [0.2, 0.25) is 0 Å². The normalized spacial score (nSPS) is 15.2. The van der Waals surface area contributed by atoms with Gasteiger partial charge in [0.05, 0.1) is 11.4 Å². The number of hydrogen-bond acceptors (Lipinski definition) is 4. The molecule has 0 saturated heterocycles. The van der Waals surface area contributed by atoms with Gasteiger partial charge in [0.15, 0.2) is 0 Å². The molecule has 0 heterocycles. The Morgan fingerprint density at radius 1 is 1.00 bits per heavy atom. The van der Waals surface area contributed by atoms with Crippen LogP contribution in [0, 0.1) is 5.82 Å². The first-order valence-electron chi connectivity index (χ1n) is 10.7. The summed E-state index contributed by atoms with van der Waals surface area (Å²) < 4.78 is 35.9. The van der Waals surface area contributed by atoms with E-state index in [1.807, 2.05) is 0 Å². The van der Waals surface area contributed by atoms with Gasteiger partial charge in [-0.3, -0.25) is 9.69 Å². The molecule has 1 saturated carbocycles. The number of nitrogens with one attached hydrogen (secondary N) is 1. The Morgan fingerprint density at radius 3 is 2.23 bits per heavy atom. The molecule has 6 nitrogen and oxygen atoms in total. The van der Waals surface area contributed by atoms with E-state index in [1.165, 1.54) is 43.5 Å². The summed E-state index contributed by atoms with van der Waals surface area (Å²) in [6.45, 7) is 1.38. The minimum Gasteiger partial charge on any atom is -0.355 e. The van der Waals surface area contributed by atoms with Crippen molar-refractivity contribution < 1.29 is 17.6 Å². The highest BCUT2D eigenvalue weighted by atomic mass is 32.2. The van der Waals surface area contributed by atoms with Gasteiger partial charge in [-0.05, 0) is 54.7 Å². The SMILES string of the molecule is NS(=O)(=O)c1ccc(CCNC(=O)CN(Cc2ccc(F)cc2)C2CCCCC2)cc1. The van der Waals surface area contributed by atoms with Crippen LogP contribution in [-0.2, 0) is 27.8 Å². The van der Waals surface area contributed by atoms with Gasteiger partial charge in [0, 0.05) is 19.1 Å². The number of sulfonamides is 1. The van der Waals surface area contributed by atoms with Gasteiger partial charge in [0.1, 0.15) is 5.82 Å². The van der Waals surface area contributed by atoms with E-state index in [0.29, 0.717) is 32.1 Å². The van der Waals surface area contributed by atoms with Crippen molar-refractivity contribution in [1.82, 2.24) is 10.2 Å². The molecule has 0 spiro atoms. The van der Waals surface area contributed by atoms with E-state index in [9.17, 15) is 17.6 Å². The van der Waals surface area contributed by atoms with Gasteiger partial charge in [0.2, 0.25) is 15.9 Å². The predicted molar refractivity (Wildman–Crippen MR) is 118 cm³/mol. The van der Waals surface area contributed by atoms with E-state index in [-0.39, 0.29) is 16.6 Å². The summed E-state index contributed by atoms with van der Waals surface area (Å²) in [6, 6.07) is 13.2. The molecule has 0 atom stereocenters. The second kappa shape index (κ2) is 10.8. The monoisotopic (exact) mass is 447 g/mol. The number of hydrogen-bond donors (Lipinski definition) is 2. The highest BCUT2D eigenvalue weighted by Crippen LogP contribution is 2.24. The maximum atomic E-state index is 13.2. The number of nitrogens with two attached hydrogens (primary N) is 1. The van der Waals surface area contributed by atoms with Crippen LogP contribution in [0.25, 0.3) is 0 Å². The van der Waals surface area contributed by atoms with Gasteiger partial charge in [0.25, 0.3) is 0 Å². The number of carbonyl (C=O) groups excluding carboxylic acids is 1. The van der Waals surface area contributed by atoms with Crippen LogP contribution >= 0.6 is 0 Å². The quantitative estimate of drug-likeness (QED) is 0.618. The van der Waals surface area contributed by atoms with Gasteiger partial charge in [-0.2, -0.15) is 0 Å². The molecule has 31 heavy (non-hydrogen) atoms. The van der Waals surface area contributed by atoms with Crippen molar-refractivity contribution in [2.24, 2.45) is 5.14 Å². The molecule has 0 unspecified atom stereocenters. The molecule has 3 N–H and O–H groups in total. The maximum absolute atomic E-state index is 13.2. The zero-order valence-electron chi connectivity index (χ0n) is 17.6. The molecule has 2 aromatic carbocycles. The summed E-state index contributed by atoms with van der Waals surface area (Å²) in [5.74, 6) is -0.309. The van der Waals surface area contributed by atoms with Crippen LogP contribution < -0.4 is 10.5 Å². The molecular weight excluding hydrogens is 417 g/mol. The van der Waals surface area contributed by atoms with Crippen molar-refractivity contribution in [1.29, 1.82) is 0 Å². The first-order valence-corrected chi connectivity index (χ1v) is 12.2. The van der Waals surface area contributed by atoms with Gasteiger partial charge in [-0.15, -0.1) is 0 Å². The lowest BCUT2D eigenvalue weighted by atomic mass is 9.93. The number of nitrogens with zero attached hydrogens (tertiary/aromatic N) is 1. The van der Waals surface area contributed by atoms with Gasteiger partial charge >= 0.3 is 0 Å². The summed E-state index contributed by atoms with van der Waals surface area (Å²) in [7, 11) is -3.70. The third-order valence-electron chi connectivity index (χ3n) is 5.72. The van der Waals surface area contributed by atoms with E-state index in [4.69, 9.17) is 5.14 Å². The average Bonchev–Trinajstić information content (AvgIpc) is 2.75. The summed E-state index contributed by atoms with van der Waals surface area (Å²) in [6.07, 6.45) is 6.31. The second-order valence-electron chi connectivity index (χ2n) is 8.11. The fourth-order valence-corrected chi connectivity index (χ4v) is 4.53. The third-order valence-corrected chi connectivity index (χ3v) is 6.65. The second-order valence-corrected chi connectivity index (χ2v) is 9.67. The topological polar surface area (TPSA) is 92.5 Å². The maximum Gasteiger partial charge on any atom is 0.238 e. The molecule has 168 valence electrons. The fraction of sp³-hybridized carbons (Fsp3) is 0.435. The number of halogens is 1. The molecule has 2 aromatic rings. The zero-order chi connectivity index (χ0) is 22.3. The van der Waals surface area contributed by atoms with E-state index in [1.54, 1.807) is 24.3 Å². The smallest absolute Gasteiger partial charge is 0.238 e. The van der Waals surface area contributed by atoms with Crippen LogP contribution in [0.15, 0.2) is 53.4 Å². The van der Waals surface area contributed by atoms with Crippen LogP contribution in [0.3, 0.4) is 0 Å². The summed E-state index contributed by atoms with van der Waals surface area (Å²) in [5.41, 5.74) is 1.91. The van der Waals surface area contributed by atoms with Crippen LogP contribution in [0.5, 0.6) is 0 Å². The Kier molecular flexibility index (Phi) is 8.17. The first-order chi connectivity index (χ1) is 14.8. The van der Waals surface area contributed by atoms with Crippen molar-refractivity contribution in [2.75, 3.05) is 13.1 Å². The predicted octanol–water partition coefficient (Wildman–Crippen LogP) is 2.97. The van der Waals surface area contributed by atoms with Gasteiger partial charge < -0.3 is 5.32 Å². The van der Waals surface area contributed by atoms with Crippen LogP contribution in [-0.4, -0.2) is 38.4 Å². The minimum atomic E-state index is -3.70. The molecule has 3 rings (SSSR count). The van der Waals surface area contributed by atoms with E-state index in [0.717, 1.165) is 24.0 Å². The Bertz CT molecular complexity index is 957. The van der Waals surface area contributed by atoms with Crippen molar-refractivity contribution in [3.05, 3.63) is 65.5 Å². The summed E-state index contributed by atoms with van der Waals surface area (Å²) >= 11 is 0. The molecule has 8 heteroatoms. The van der Waals surface area contributed by atoms with Gasteiger partial charge in [-0.1, -0.05) is 43.5 Å². The highest BCUT2D eigenvalue weighted by molar-refractivity contribution is 7.89. The lowest BCUT2D eigenvalue weighted by molar-refractivity contribution is -0.123. The molecule has 0 aliphatic heterocycles. The Balaban J connectivity index is 1.53. The van der Waals surface area contributed by atoms with Crippen molar-refractivity contribution in [3.8, 4) is 0 Å². The first kappa shape index (κ1) is 23.4. The minimum absolute atomic E-state index is 0.0474. The van der Waals surface area contributed by atoms with Crippen molar-refractivity contribution in [3.63, 3.8) is 0 Å². The summed E-state index contributed by atoms with van der Waals surface area (Å²) in [5, 5.41) is 8.07. The molecule has 1 fully saturated rings. The molecule has 0 bridgehead atoms. The lowest BCUT2D eigenvalue weighted by Gasteiger charge is -2.34. The average molecular weight is 448 g/mol. The Hall–Kier alpha value is -2.29. The standard InChI is InChI=1S/C23H30FN3O3S/c24-20-10-6-19(7-11-20)16-27(21-4-2-1-3-5-21)17-23(28)26-15-14-18-8-12-22(13-9-18)31(25,29)30/h6-13,21H,1-5,14-17H2,(H,26,28)(H2,25,29,30). The zero-order valence-corrected chi connectivity index (χ0v) is 18.4. The number of amides is 1. The van der Waals surface area contributed by atoms with Gasteiger partial charge in [-0.25, -0.2) is 17.9 Å². The highest BCUT2D eigenvalue weighted by Gasteiger charge is 2.23. The number of rotatable bonds is 9. The molecule has 1 aliphatic rings. The summed E-state index contributed by atoms with van der Waals surface area (Å²) in [4.78, 5) is 14.9. The molecule has 0 radical (unpaired) electrons. The third kappa shape index (κ3) is 7.41. The van der Waals surface area contributed by atoms with Crippen LogP contribution in [0.1, 0.15) is 43.2 Å². The number of benzene rings is 2. The van der Waals surface area contributed by atoms with Crippen molar-refractivity contribution >= 4 is 15.9 Å². The van der Waals surface area contributed by atoms with E-state index in [2.05, 4.69) is 10.2 Å². The Morgan fingerprint density at radius 2 is 1.61 bits per heavy atom. The molecule has 1 aliphatic carbocycles. The van der Waals surface area contributed by atoms with E-state index >= 15 is 0 Å². The largest absolute Gasteiger partial charge is 0.355 e. The lowest BCUT2D eigenvalue weighted by Crippen LogP contribution is -2.43. The number of primary sulfonamides is 1. The Labute approximate surface area is 183 Å². The number of carbonyl (C=O) groups is 1. The molecule has 0 aromatic heterocycles. The van der Waals surface area contributed by atoms with E-state index < -0.39 is 10.0 Å². The molecular formula is C23H30FN3O3S.